The lowest BCUT2D eigenvalue weighted by Crippen LogP contribution is -1.97. The second kappa shape index (κ2) is 4.54. The highest BCUT2D eigenvalue weighted by Gasteiger charge is 2.17. The molecule has 1 atom stereocenters. The molecule has 0 saturated heterocycles. The highest BCUT2D eigenvalue weighted by atomic mass is 35.5. The van der Waals surface area contributed by atoms with E-state index in [2.05, 4.69) is 6.07 Å². The molecular formula is C10H9Cl2NO. The van der Waals surface area contributed by atoms with E-state index in [1.165, 1.54) is 7.11 Å². The summed E-state index contributed by atoms with van der Waals surface area (Å²) in [7, 11) is 1.53. The van der Waals surface area contributed by atoms with Crippen molar-refractivity contribution >= 4 is 23.2 Å². The van der Waals surface area contributed by atoms with E-state index in [0.29, 0.717) is 21.4 Å². The number of rotatable bonds is 2. The van der Waals surface area contributed by atoms with Crippen molar-refractivity contribution in [3.8, 4) is 11.8 Å². The van der Waals surface area contributed by atoms with E-state index in [4.69, 9.17) is 33.2 Å². The van der Waals surface area contributed by atoms with Crippen molar-refractivity contribution in [1.82, 2.24) is 0 Å². The van der Waals surface area contributed by atoms with Crippen molar-refractivity contribution < 1.29 is 4.74 Å². The number of benzene rings is 1. The molecule has 0 amide bonds. The summed E-state index contributed by atoms with van der Waals surface area (Å²) in [6, 6.07) is 5.46. The molecule has 0 spiro atoms. The molecule has 1 unspecified atom stereocenters. The zero-order chi connectivity index (χ0) is 10.7. The van der Waals surface area contributed by atoms with Gasteiger partial charge < -0.3 is 4.74 Å². The van der Waals surface area contributed by atoms with Crippen LogP contribution in [0.5, 0.6) is 5.75 Å². The molecule has 0 aromatic heterocycles. The molecule has 0 heterocycles. The number of nitrogens with zero attached hydrogens (tertiary/aromatic N) is 1. The molecule has 0 aliphatic heterocycles. The number of nitriles is 1. The lowest BCUT2D eigenvalue weighted by atomic mass is 10.0. The van der Waals surface area contributed by atoms with Gasteiger partial charge in [0, 0.05) is 5.56 Å². The van der Waals surface area contributed by atoms with E-state index in [0.717, 1.165) is 0 Å². The highest BCUT2D eigenvalue weighted by Crippen LogP contribution is 2.37. The van der Waals surface area contributed by atoms with Crippen LogP contribution in [0.15, 0.2) is 12.1 Å². The smallest absolute Gasteiger partial charge is 0.124 e. The molecule has 0 N–H and O–H groups in total. The van der Waals surface area contributed by atoms with Crippen LogP contribution in [0.4, 0.5) is 0 Å². The van der Waals surface area contributed by atoms with Gasteiger partial charge in [-0.25, -0.2) is 0 Å². The Hall–Kier alpha value is -0.910. The monoisotopic (exact) mass is 229 g/mol. The molecule has 2 nitrogen and oxygen atoms in total. The predicted octanol–water partition coefficient (Wildman–Crippen LogP) is 3.63. The van der Waals surface area contributed by atoms with Crippen molar-refractivity contribution in [2.24, 2.45) is 0 Å². The van der Waals surface area contributed by atoms with Crippen LogP contribution in [-0.4, -0.2) is 7.11 Å². The fourth-order valence-electron chi connectivity index (χ4n) is 1.19. The van der Waals surface area contributed by atoms with E-state index in [1.54, 1.807) is 19.1 Å². The molecule has 0 saturated carbocycles. The zero-order valence-corrected chi connectivity index (χ0v) is 9.36. The van der Waals surface area contributed by atoms with E-state index in [-0.39, 0.29) is 5.92 Å². The molecule has 0 bridgehead atoms. The lowest BCUT2D eigenvalue weighted by molar-refractivity contribution is 0.409. The van der Waals surface area contributed by atoms with Gasteiger partial charge in [-0.2, -0.15) is 5.26 Å². The van der Waals surface area contributed by atoms with Gasteiger partial charge in [-0.3, -0.25) is 0 Å². The Morgan fingerprint density at radius 1 is 1.43 bits per heavy atom. The normalized spacial score (nSPS) is 11.9. The van der Waals surface area contributed by atoms with Crippen LogP contribution in [0, 0.1) is 11.3 Å². The van der Waals surface area contributed by atoms with Crippen LogP contribution in [0.2, 0.25) is 10.0 Å². The van der Waals surface area contributed by atoms with Gasteiger partial charge in [-0.15, -0.1) is 0 Å². The SMILES string of the molecule is COc1ccc(Cl)c(Cl)c1C(C)C#N. The summed E-state index contributed by atoms with van der Waals surface area (Å²) in [6.45, 7) is 1.75. The minimum atomic E-state index is -0.337. The van der Waals surface area contributed by atoms with Crippen molar-refractivity contribution in [1.29, 1.82) is 5.26 Å². The quantitative estimate of drug-likeness (QED) is 0.777. The molecule has 4 heteroatoms. The maximum atomic E-state index is 8.82. The van der Waals surface area contributed by atoms with Gasteiger partial charge in [-0.1, -0.05) is 23.2 Å². The summed E-state index contributed by atoms with van der Waals surface area (Å²) in [5, 5.41) is 9.64. The van der Waals surface area contributed by atoms with Gasteiger partial charge in [0.25, 0.3) is 0 Å². The predicted molar refractivity (Wildman–Crippen MR) is 57.0 cm³/mol. The van der Waals surface area contributed by atoms with E-state index < -0.39 is 0 Å². The van der Waals surface area contributed by atoms with Crippen molar-refractivity contribution in [3.63, 3.8) is 0 Å². The van der Waals surface area contributed by atoms with Crippen LogP contribution in [0.25, 0.3) is 0 Å². The first-order valence-electron chi connectivity index (χ1n) is 4.03. The molecule has 0 aliphatic rings. The second-order valence-corrected chi connectivity index (χ2v) is 3.61. The first kappa shape index (κ1) is 11.2. The molecule has 0 fully saturated rings. The molecule has 1 aromatic carbocycles. The Morgan fingerprint density at radius 3 is 2.57 bits per heavy atom. The van der Waals surface area contributed by atoms with Crippen LogP contribution in [0.1, 0.15) is 18.4 Å². The van der Waals surface area contributed by atoms with Gasteiger partial charge >= 0.3 is 0 Å². The van der Waals surface area contributed by atoms with Gasteiger partial charge in [0.2, 0.25) is 0 Å². The summed E-state index contributed by atoms with van der Waals surface area (Å²) in [5.41, 5.74) is 0.643. The van der Waals surface area contributed by atoms with E-state index in [9.17, 15) is 0 Å². The van der Waals surface area contributed by atoms with Crippen LogP contribution in [-0.2, 0) is 0 Å². The Morgan fingerprint density at radius 2 is 2.07 bits per heavy atom. The summed E-state index contributed by atoms with van der Waals surface area (Å²) < 4.78 is 5.11. The number of ether oxygens (including phenoxy) is 1. The van der Waals surface area contributed by atoms with Gasteiger partial charge in [0.15, 0.2) is 0 Å². The van der Waals surface area contributed by atoms with Crippen LogP contribution >= 0.6 is 23.2 Å². The van der Waals surface area contributed by atoms with Gasteiger partial charge in [0.05, 0.1) is 29.1 Å². The van der Waals surface area contributed by atoms with Gasteiger partial charge in [0.1, 0.15) is 5.75 Å². The van der Waals surface area contributed by atoms with Crippen molar-refractivity contribution in [2.75, 3.05) is 7.11 Å². The summed E-state index contributed by atoms with van der Waals surface area (Å²) in [4.78, 5) is 0. The molecule has 14 heavy (non-hydrogen) atoms. The topological polar surface area (TPSA) is 33.0 Å². The fraction of sp³-hybridized carbons (Fsp3) is 0.300. The molecule has 0 radical (unpaired) electrons. The minimum Gasteiger partial charge on any atom is -0.496 e. The third-order valence-corrected chi connectivity index (χ3v) is 2.76. The van der Waals surface area contributed by atoms with E-state index >= 15 is 0 Å². The Bertz CT molecular complexity index is 384. The third-order valence-electron chi connectivity index (χ3n) is 1.94. The summed E-state index contributed by atoms with van der Waals surface area (Å²) in [5.74, 6) is 0.254. The fourth-order valence-corrected chi connectivity index (χ4v) is 1.68. The first-order chi connectivity index (χ1) is 6.61. The summed E-state index contributed by atoms with van der Waals surface area (Å²) in [6.07, 6.45) is 0. The Balaban J connectivity index is 3.37. The van der Waals surface area contributed by atoms with Gasteiger partial charge in [-0.05, 0) is 19.1 Å². The second-order valence-electron chi connectivity index (χ2n) is 2.83. The zero-order valence-electron chi connectivity index (χ0n) is 7.84. The van der Waals surface area contributed by atoms with Crippen LogP contribution < -0.4 is 4.74 Å². The average Bonchev–Trinajstić information content (AvgIpc) is 2.20. The third kappa shape index (κ3) is 1.95. The largest absolute Gasteiger partial charge is 0.496 e. The average molecular weight is 230 g/mol. The van der Waals surface area contributed by atoms with Crippen molar-refractivity contribution in [2.45, 2.75) is 12.8 Å². The molecule has 74 valence electrons. The maximum absolute atomic E-state index is 8.82. The molecule has 1 rings (SSSR count). The molecule has 1 aromatic rings. The standard InChI is InChI=1S/C10H9Cl2NO/c1-6(5-13)9-8(14-2)4-3-7(11)10(9)12/h3-4,6H,1-2H3. The number of halogens is 2. The minimum absolute atomic E-state index is 0.337. The van der Waals surface area contributed by atoms with Crippen molar-refractivity contribution in [3.05, 3.63) is 27.7 Å². The van der Waals surface area contributed by atoms with E-state index in [1.807, 2.05) is 0 Å². The van der Waals surface area contributed by atoms with Crippen LogP contribution in [0.3, 0.4) is 0 Å². The number of hydrogen-bond acceptors (Lipinski definition) is 2. The Labute approximate surface area is 93.0 Å². The summed E-state index contributed by atoms with van der Waals surface area (Å²) >= 11 is 11.8. The maximum Gasteiger partial charge on any atom is 0.124 e. The Kier molecular flexibility index (Phi) is 3.62. The molecule has 0 aliphatic carbocycles. The number of hydrogen-bond donors (Lipinski definition) is 0. The molecular weight excluding hydrogens is 221 g/mol. The number of methoxy groups -OCH3 is 1. The first-order valence-corrected chi connectivity index (χ1v) is 4.79. The lowest BCUT2D eigenvalue weighted by Gasteiger charge is -2.12. The highest BCUT2D eigenvalue weighted by molar-refractivity contribution is 6.42.